The van der Waals surface area contributed by atoms with E-state index in [0.717, 1.165) is 11.1 Å². The fourth-order valence-corrected chi connectivity index (χ4v) is 2.90. The van der Waals surface area contributed by atoms with Crippen LogP contribution in [-0.4, -0.2) is 18.9 Å². The number of amides is 1. The fraction of sp³-hybridized carbons (Fsp3) is 0.222. The summed E-state index contributed by atoms with van der Waals surface area (Å²) in [7, 11) is 1.60. The molecule has 1 atom stereocenters. The van der Waals surface area contributed by atoms with Crippen LogP contribution in [0.4, 0.5) is 0 Å². The normalized spacial score (nSPS) is 12.1. The predicted octanol–water partition coefficient (Wildman–Crippen LogP) is 4.14. The van der Waals surface area contributed by atoms with Crippen LogP contribution in [0.2, 0.25) is 10.0 Å². The van der Waals surface area contributed by atoms with E-state index < -0.39 is 0 Å². The van der Waals surface area contributed by atoms with Crippen molar-refractivity contribution >= 4 is 59.0 Å². The summed E-state index contributed by atoms with van der Waals surface area (Å²) in [6.07, 6.45) is 0. The lowest BCUT2D eigenvalue weighted by Crippen LogP contribution is -2.34. The number of hydrogen-bond acceptors (Lipinski definition) is 2. The van der Waals surface area contributed by atoms with Gasteiger partial charge in [0, 0.05) is 22.7 Å². The largest absolute Gasteiger partial charge is 0.370 e. The monoisotopic (exact) mass is 506 g/mol. The van der Waals surface area contributed by atoms with E-state index in [1.54, 1.807) is 31.3 Å². The summed E-state index contributed by atoms with van der Waals surface area (Å²) >= 11 is 12.1. The second kappa shape index (κ2) is 10.6. The molecule has 2 aromatic rings. The fourth-order valence-electron chi connectivity index (χ4n) is 2.33. The first-order valence-corrected chi connectivity index (χ1v) is 8.48. The summed E-state index contributed by atoms with van der Waals surface area (Å²) in [4.78, 5) is 16.0. The summed E-state index contributed by atoms with van der Waals surface area (Å²) in [5.41, 5.74) is 8.31. The number of benzene rings is 2. The Bertz CT molecular complexity index is 799. The third kappa shape index (κ3) is 6.34. The van der Waals surface area contributed by atoms with E-state index in [-0.39, 0.29) is 35.9 Å². The summed E-state index contributed by atoms with van der Waals surface area (Å²) < 4.78 is 0. The summed E-state index contributed by atoms with van der Waals surface area (Å²) in [5, 5.41) is 6.84. The van der Waals surface area contributed by atoms with Crippen molar-refractivity contribution in [1.82, 2.24) is 10.6 Å². The van der Waals surface area contributed by atoms with E-state index >= 15 is 0 Å². The first-order valence-electron chi connectivity index (χ1n) is 7.73. The van der Waals surface area contributed by atoms with Gasteiger partial charge in [0.2, 0.25) is 0 Å². The van der Waals surface area contributed by atoms with Crippen LogP contribution in [0.25, 0.3) is 0 Å². The van der Waals surface area contributed by atoms with Crippen molar-refractivity contribution < 1.29 is 4.79 Å². The molecule has 0 heterocycles. The second-order valence-corrected chi connectivity index (χ2v) is 6.36. The van der Waals surface area contributed by atoms with Crippen LogP contribution >= 0.6 is 47.2 Å². The third-order valence-electron chi connectivity index (χ3n) is 3.64. The van der Waals surface area contributed by atoms with Gasteiger partial charge in [0.25, 0.3) is 5.91 Å². The summed E-state index contributed by atoms with van der Waals surface area (Å²) in [6.45, 7) is 2.30. The maximum Gasteiger partial charge on any atom is 0.251 e. The quantitative estimate of drug-likeness (QED) is 0.324. The SMILES string of the molecule is CNC(=O)c1cccc(CN=C(N)NC(C)c2ccc(Cl)cc2Cl)c1.I. The highest BCUT2D eigenvalue weighted by Gasteiger charge is 2.10. The van der Waals surface area contributed by atoms with Crippen molar-refractivity contribution in [2.24, 2.45) is 10.7 Å². The molecule has 1 unspecified atom stereocenters. The first kappa shape index (κ1) is 22.5. The average Bonchev–Trinajstić information content (AvgIpc) is 2.59. The Morgan fingerprint density at radius 1 is 1.23 bits per heavy atom. The zero-order valence-electron chi connectivity index (χ0n) is 14.4. The van der Waals surface area contributed by atoms with Crippen LogP contribution in [0.1, 0.15) is 34.5 Å². The van der Waals surface area contributed by atoms with Gasteiger partial charge in [-0.1, -0.05) is 41.4 Å². The van der Waals surface area contributed by atoms with E-state index in [1.807, 2.05) is 25.1 Å². The first-order chi connectivity index (χ1) is 11.9. The van der Waals surface area contributed by atoms with Gasteiger partial charge in [-0.3, -0.25) is 4.79 Å². The van der Waals surface area contributed by atoms with E-state index in [2.05, 4.69) is 15.6 Å². The molecule has 0 saturated heterocycles. The molecule has 0 aliphatic heterocycles. The van der Waals surface area contributed by atoms with E-state index in [0.29, 0.717) is 28.1 Å². The Hall–Kier alpha value is -1.51. The van der Waals surface area contributed by atoms with Crippen LogP contribution in [0, 0.1) is 0 Å². The molecule has 1 amide bonds. The molecule has 0 aliphatic rings. The molecule has 5 nitrogen and oxygen atoms in total. The lowest BCUT2D eigenvalue weighted by Gasteiger charge is -2.16. The molecular formula is C18H21Cl2IN4O. The van der Waals surface area contributed by atoms with Crippen molar-refractivity contribution in [1.29, 1.82) is 0 Å². The third-order valence-corrected chi connectivity index (χ3v) is 4.20. The van der Waals surface area contributed by atoms with Gasteiger partial charge in [0.15, 0.2) is 5.96 Å². The Balaban J connectivity index is 0.00000338. The maximum absolute atomic E-state index is 11.7. The molecule has 0 radical (unpaired) electrons. The van der Waals surface area contributed by atoms with Crippen molar-refractivity contribution in [3.8, 4) is 0 Å². The summed E-state index contributed by atoms with van der Waals surface area (Å²) in [5.74, 6) is 0.159. The number of halogens is 3. The number of nitrogens with two attached hydrogens (primary N) is 1. The molecular weight excluding hydrogens is 486 g/mol. The zero-order chi connectivity index (χ0) is 18.4. The molecule has 0 saturated carbocycles. The molecule has 0 aromatic heterocycles. The highest BCUT2D eigenvalue weighted by atomic mass is 127. The van der Waals surface area contributed by atoms with Gasteiger partial charge in [-0.25, -0.2) is 4.99 Å². The lowest BCUT2D eigenvalue weighted by atomic mass is 10.1. The number of aliphatic imine (C=N–C) groups is 1. The number of rotatable bonds is 5. The topological polar surface area (TPSA) is 79.5 Å². The number of guanidine groups is 1. The smallest absolute Gasteiger partial charge is 0.251 e. The van der Waals surface area contributed by atoms with Gasteiger partial charge in [0.1, 0.15) is 0 Å². The average molecular weight is 507 g/mol. The number of nitrogens with zero attached hydrogens (tertiary/aromatic N) is 1. The molecule has 0 aliphatic carbocycles. The van der Waals surface area contributed by atoms with Gasteiger partial charge >= 0.3 is 0 Å². The van der Waals surface area contributed by atoms with E-state index in [1.165, 1.54) is 0 Å². The zero-order valence-corrected chi connectivity index (χ0v) is 18.3. The lowest BCUT2D eigenvalue weighted by molar-refractivity contribution is 0.0963. The predicted molar refractivity (Wildman–Crippen MR) is 119 cm³/mol. The van der Waals surface area contributed by atoms with E-state index in [9.17, 15) is 4.79 Å². The Morgan fingerprint density at radius 3 is 2.62 bits per heavy atom. The minimum absolute atomic E-state index is 0. The van der Waals surface area contributed by atoms with Gasteiger partial charge in [0.05, 0.1) is 12.6 Å². The van der Waals surface area contributed by atoms with Crippen LogP contribution < -0.4 is 16.4 Å². The minimum Gasteiger partial charge on any atom is -0.370 e. The van der Waals surface area contributed by atoms with Crippen molar-refractivity contribution in [2.45, 2.75) is 19.5 Å². The highest BCUT2D eigenvalue weighted by molar-refractivity contribution is 14.0. The number of carbonyl (C=O) groups is 1. The molecule has 0 bridgehead atoms. The molecule has 2 rings (SSSR count). The molecule has 140 valence electrons. The Labute approximate surface area is 180 Å². The molecule has 0 spiro atoms. The van der Waals surface area contributed by atoms with Gasteiger partial charge in [-0.05, 0) is 42.3 Å². The van der Waals surface area contributed by atoms with Crippen LogP contribution in [0.3, 0.4) is 0 Å². The van der Waals surface area contributed by atoms with E-state index in [4.69, 9.17) is 28.9 Å². The van der Waals surface area contributed by atoms with Gasteiger partial charge in [-0.2, -0.15) is 0 Å². The molecule has 8 heteroatoms. The van der Waals surface area contributed by atoms with Gasteiger partial charge < -0.3 is 16.4 Å². The molecule has 26 heavy (non-hydrogen) atoms. The Morgan fingerprint density at radius 2 is 1.96 bits per heavy atom. The number of carbonyl (C=O) groups excluding carboxylic acids is 1. The van der Waals surface area contributed by atoms with Crippen molar-refractivity contribution in [3.05, 3.63) is 69.2 Å². The molecule has 0 fully saturated rings. The summed E-state index contributed by atoms with van der Waals surface area (Å²) in [6, 6.07) is 12.4. The minimum atomic E-state index is -0.136. The number of nitrogens with one attached hydrogen (secondary N) is 2. The van der Waals surface area contributed by atoms with Crippen molar-refractivity contribution in [2.75, 3.05) is 7.05 Å². The van der Waals surface area contributed by atoms with Crippen molar-refractivity contribution in [3.63, 3.8) is 0 Å². The highest BCUT2D eigenvalue weighted by Crippen LogP contribution is 2.25. The second-order valence-electron chi connectivity index (χ2n) is 5.51. The van der Waals surface area contributed by atoms with Gasteiger partial charge in [-0.15, -0.1) is 24.0 Å². The van der Waals surface area contributed by atoms with Crippen LogP contribution in [-0.2, 0) is 6.54 Å². The Kier molecular flexibility index (Phi) is 9.18. The maximum atomic E-state index is 11.7. The number of hydrogen-bond donors (Lipinski definition) is 3. The molecule has 2 aromatic carbocycles. The van der Waals surface area contributed by atoms with Crippen LogP contribution in [0.15, 0.2) is 47.5 Å². The van der Waals surface area contributed by atoms with Crippen LogP contribution in [0.5, 0.6) is 0 Å². The molecule has 4 N–H and O–H groups in total. The standard InChI is InChI=1S/C18H20Cl2N4O.HI/c1-11(15-7-6-14(19)9-16(15)20)24-18(21)23-10-12-4-3-5-13(8-12)17(25)22-2;/h3-9,11H,10H2,1-2H3,(H,22,25)(H3,21,23,24);1H.